The Bertz CT molecular complexity index is 567. The molecule has 0 bridgehead atoms. The summed E-state index contributed by atoms with van der Waals surface area (Å²) in [6.45, 7) is 4.47. The van der Waals surface area contributed by atoms with Crippen molar-refractivity contribution in [3.8, 4) is 10.6 Å². The summed E-state index contributed by atoms with van der Waals surface area (Å²) in [6.07, 6.45) is 0. The first-order valence-corrected chi connectivity index (χ1v) is 7.69. The highest BCUT2D eigenvalue weighted by Crippen LogP contribution is 2.25. The van der Waals surface area contributed by atoms with E-state index >= 15 is 0 Å². The molecule has 0 spiro atoms. The van der Waals surface area contributed by atoms with Crippen molar-refractivity contribution in [2.24, 2.45) is 5.73 Å². The first kappa shape index (κ1) is 16.2. The summed E-state index contributed by atoms with van der Waals surface area (Å²) >= 11 is 1.69. The van der Waals surface area contributed by atoms with Gasteiger partial charge in [-0.3, -0.25) is 0 Å². The topological polar surface area (TPSA) is 58.3 Å². The van der Waals surface area contributed by atoms with Crippen LogP contribution in [0.2, 0.25) is 0 Å². The highest BCUT2D eigenvalue weighted by Gasteiger charge is 2.18. The maximum absolute atomic E-state index is 5.78. The molecule has 2 aromatic rings. The Kier molecular flexibility index (Phi) is 5.52. The minimum absolute atomic E-state index is 0. The van der Waals surface area contributed by atoms with E-state index < -0.39 is 0 Å². The fourth-order valence-electron chi connectivity index (χ4n) is 2.29. The van der Waals surface area contributed by atoms with E-state index in [4.69, 9.17) is 10.7 Å². The summed E-state index contributed by atoms with van der Waals surface area (Å²) in [5.74, 6) is 0.810. The van der Waals surface area contributed by atoms with Crippen LogP contribution in [-0.2, 0) is 6.54 Å². The molecule has 114 valence electrons. The number of nitrogens with two attached hydrogens (primary N) is 1. The molecule has 1 aliphatic rings. The Balaban J connectivity index is 0.00000161. The molecule has 3 heterocycles. The smallest absolute Gasteiger partial charge is 0.226 e. The molecule has 0 aliphatic carbocycles. The number of rotatable bonds is 3. The third-order valence-corrected chi connectivity index (χ3v) is 4.43. The molecule has 2 N–H and O–H groups in total. The van der Waals surface area contributed by atoms with Gasteiger partial charge in [0.1, 0.15) is 0 Å². The number of nitrogens with zero attached hydrogens (tertiary/aromatic N) is 4. The first-order valence-electron chi connectivity index (χ1n) is 6.81. The van der Waals surface area contributed by atoms with Crippen LogP contribution in [0.25, 0.3) is 10.6 Å². The van der Waals surface area contributed by atoms with Crippen LogP contribution in [-0.4, -0.2) is 48.1 Å². The van der Waals surface area contributed by atoms with Crippen LogP contribution in [0.1, 0.15) is 5.69 Å². The molecule has 0 atom stereocenters. The Morgan fingerprint density at radius 2 is 2.00 bits per heavy atom. The van der Waals surface area contributed by atoms with Crippen molar-refractivity contribution in [2.45, 2.75) is 6.54 Å². The zero-order chi connectivity index (χ0) is 13.9. The molecule has 0 amide bonds. The van der Waals surface area contributed by atoms with Crippen LogP contribution in [0.4, 0.5) is 5.95 Å². The van der Waals surface area contributed by atoms with Crippen LogP contribution < -0.4 is 10.6 Å². The number of halogens is 1. The van der Waals surface area contributed by atoms with Gasteiger partial charge in [-0.25, -0.2) is 9.97 Å². The summed E-state index contributed by atoms with van der Waals surface area (Å²) in [4.78, 5) is 15.0. The fourth-order valence-corrected chi connectivity index (χ4v) is 2.97. The molecule has 5 nitrogen and oxygen atoms in total. The molecule has 0 saturated carbocycles. The molecule has 2 aromatic heterocycles. The summed E-state index contributed by atoms with van der Waals surface area (Å²) in [7, 11) is 2.14. The summed E-state index contributed by atoms with van der Waals surface area (Å²) in [6, 6.07) is 6.12. The first-order chi connectivity index (χ1) is 9.76. The molecule has 21 heavy (non-hydrogen) atoms. The lowest BCUT2D eigenvalue weighted by Crippen LogP contribution is -2.45. The highest BCUT2D eigenvalue weighted by atomic mass is 35.5. The lowest BCUT2D eigenvalue weighted by atomic mass is 10.2. The monoisotopic (exact) mass is 325 g/mol. The Morgan fingerprint density at radius 3 is 2.62 bits per heavy atom. The quantitative estimate of drug-likeness (QED) is 0.933. The van der Waals surface area contributed by atoms with E-state index in [0.29, 0.717) is 6.54 Å². The van der Waals surface area contributed by atoms with E-state index in [2.05, 4.69) is 33.3 Å². The van der Waals surface area contributed by atoms with Gasteiger partial charge in [0, 0.05) is 32.7 Å². The second kappa shape index (κ2) is 7.17. The number of anilines is 1. The van der Waals surface area contributed by atoms with E-state index in [0.717, 1.165) is 48.4 Å². The van der Waals surface area contributed by atoms with Crippen LogP contribution >= 0.6 is 23.7 Å². The molecule has 3 rings (SSSR count). The standard InChI is InChI=1S/C14H19N5S.ClH/c1-18-4-6-19(7-5-18)14-16-11(10-15)9-12(17-14)13-3-2-8-20-13;/h2-3,8-9H,4-7,10,15H2,1H3;1H. The molecule has 0 radical (unpaired) electrons. The van der Waals surface area contributed by atoms with Crippen LogP contribution in [0.3, 0.4) is 0 Å². The maximum Gasteiger partial charge on any atom is 0.226 e. The van der Waals surface area contributed by atoms with E-state index in [1.54, 1.807) is 11.3 Å². The summed E-state index contributed by atoms with van der Waals surface area (Å²) in [5.41, 5.74) is 7.66. The number of hydrogen-bond acceptors (Lipinski definition) is 6. The highest BCUT2D eigenvalue weighted by molar-refractivity contribution is 7.13. The molecule has 1 saturated heterocycles. The van der Waals surface area contributed by atoms with E-state index in [-0.39, 0.29) is 12.4 Å². The van der Waals surface area contributed by atoms with Crippen molar-refractivity contribution in [2.75, 3.05) is 38.1 Å². The van der Waals surface area contributed by atoms with Gasteiger partial charge >= 0.3 is 0 Å². The van der Waals surface area contributed by atoms with Gasteiger partial charge in [-0.15, -0.1) is 23.7 Å². The van der Waals surface area contributed by atoms with Gasteiger partial charge in [0.05, 0.1) is 16.3 Å². The molecule has 0 unspecified atom stereocenters. The second-order valence-electron chi connectivity index (χ2n) is 5.02. The minimum Gasteiger partial charge on any atom is -0.338 e. The van der Waals surface area contributed by atoms with Crippen molar-refractivity contribution in [3.05, 3.63) is 29.3 Å². The predicted octanol–water partition coefficient (Wildman–Crippen LogP) is 1.84. The molecule has 1 aliphatic heterocycles. The summed E-state index contributed by atoms with van der Waals surface area (Å²) in [5, 5.41) is 2.06. The third-order valence-electron chi connectivity index (χ3n) is 3.54. The van der Waals surface area contributed by atoms with Gasteiger partial charge in [-0.1, -0.05) is 6.07 Å². The molecular formula is C14H20ClN5S. The predicted molar refractivity (Wildman–Crippen MR) is 90.2 cm³/mol. The van der Waals surface area contributed by atoms with Gasteiger partial charge in [-0.05, 0) is 24.6 Å². The van der Waals surface area contributed by atoms with Crippen molar-refractivity contribution in [3.63, 3.8) is 0 Å². The van der Waals surface area contributed by atoms with Crippen molar-refractivity contribution in [1.29, 1.82) is 0 Å². The molecule has 0 aromatic carbocycles. The zero-order valence-corrected chi connectivity index (χ0v) is 13.7. The fraction of sp³-hybridized carbons (Fsp3) is 0.429. The largest absolute Gasteiger partial charge is 0.338 e. The zero-order valence-electron chi connectivity index (χ0n) is 12.0. The van der Waals surface area contributed by atoms with Gasteiger partial charge in [0.2, 0.25) is 5.95 Å². The number of thiophene rings is 1. The minimum atomic E-state index is 0. The lowest BCUT2D eigenvalue weighted by molar-refractivity contribution is 0.311. The Labute approximate surface area is 135 Å². The molecule has 1 fully saturated rings. The SMILES string of the molecule is CN1CCN(c2nc(CN)cc(-c3cccs3)n2)CC1.Cl. The number of piperazine rings is 1. The van der Waals surface area contributed by atoms with Gasteiger partial charge in [-0.2, -0.15) is 0 Å². The summed E-state index contributed by atoms with van der Waals surface area (Å²) < 4.78 is 0. The van der Waals surface area contributed by atoms with Crippen LogP contribution in [0, 0.1) is 0 Å². The Morgan fingerprint density at radius 1 is 1.24 bits per heavy atom. The van der Waals surface area contributed by atoms with E-state index in [1.165, 1.54) is 0 Å². The van der Waals surface area contributed by atoms with Crippen LogP contribution in [0.5, 0.6) is 0 Å². The number of likely N-dealkylation sites (N-methyl/N-ethyl adjacent to an activating group) is 1. The average molecular weight is 326 g/mol. The second-order valence-corrected chi connectivity index (χ2v) is 5.96. The lowest BCUT2D eigenvalue weighted by Gasteiger charge is -2.32. The molecule has 7 heteroatoms. The normalized spacial score (nSPS) is 15.8. The number of aromatic nitrogens is 2. The van der Waals surface area contributed by atoms with Gasteiger partial charge in [0.15, 0.2) is 0 Å². The van der Waals surface area contributed by atoms with Gasteiger partial charge < -0.3 is 15.5 Å². The maximum atomic E-state index is 5.78. The van der Waals surface area contributed by atoms with Crippen molar-refractivity contribution >= 4 is 29.7 Å². The molecular weight excluding hydrogens is 306 g/mol. The Hall–Kier alpha value is -1.21. The van der Waals surface area contributed by atoms with Crippen molar-refractivity contribution in [1.82, 2.24) is 14.9 Å². The van der Waals surface area contributed by atoms with E-state index in [1.807, 2.05) is 12.1 Å². The van der Waals surface area contributed by atoms with Gasteiger partial charge in [0.25, 0.3) is 0 Å². The average Bonchev–Trinajstić information content (AvgIpc) is 3.02. The van der Waals surface area contributed by atoms with Crippen molar-refractivity contribution < 1.29 is 0 Å². The van der Waals surface area contributed by atoms with E-state index in [9.17, 15) is 0 Å². The number of hydrogen-bond donors (Lipinski definition) is 1. The van der Waals surface area contributed by atoms with Crippen LogP contribution in [0.15, 0.2) is 23.6 Å². The third kappa shape index (κ3) is 3.71.